The SMILES string of the molecule is O=C(CC1COC(=O)C1C(=O)O)c1ccccc1. The maximum Gasteiger partial charge on any atom is 0.320 e. The van der Waals surface area contributed by atoms with E-state index in [9.17, 15) is 14.4 Å². The molecule has 2 rings (SSSR count). The number of cyclic esters (lactones) is 1. The summed E-state index contributed by atoms with van der Waals surface area (Å²) in [6, 6.07) is 8.58. The van der Waals surface area contributed by atoms with Crippen LogP contribution in [-0.2, 0) is 14.3 Å². The number of benzene rings is 1. The number of carbonyl (C=O) groups excluding carboxylic acids is 2. The predicted molar refractivity (Wildman–Crippen MR) is 61.0 cm³/mol. The van der Waals surface area contributed by atoms with E-state index in [0.29, 0.717) is 5.56 Å². The van der Waals surface area contributed by atoms with Crippen molar-refractivity contribution >= 4 is 17.7 Å². The van der Waals surface area contributed by atoms with E-state index in [4.69, 9.17) is 9.84 Å². The number of rotatable bonds is 4. The third-order valence-electron chi connectivity index (χ3n) is 2.97. The molecule has 1 N–H and O–H groups in total. The van der Waals surface area contributed by atoms with Gasteiger partial charge in [0.1, 0.15) is 0 Å². The lowest BCUT2D eigenvalue weighted by molar-refractivity contribution is -0.152. The van der Waals surface area contributed by atoms with Crippen LogP contribution in [0.5, 0.6) is 0 Å². The van der Waals surface area contributed by atoms with Crippen molar-refractivity contribution in [2.24, 2.45) is 11.8 Å². The van der Waals surface area contributed by atoms with Crippen LogP contribution in [0.25, 0.3) is 0 Å². The van der Waals surface area contributed by atoms with Crippen molar-refractivity contribution in [2.45, 2.75) is 6.42 Å². The van der Waals surface area contributed by atoms with Crippen LogP contribution in [0.3, 0.4) is 0 Å². The molecule has 5 heteroatoms. The molecule has 0 aliphatic carbocycles. The van der Waals surface area contributed by atoms with E-state index in [1.54, 1.807) is 30.3 Å². The Morgan fingerprint density at radius 2 is 1.94 bits per heavy atom. The number of hydrogen-bond acceptors (Lipinski definition) is 4. The molecule has 0 radical (unpaired) electrons. The van der Waals surface area contributed by atoms with Gasteiger partial charge < -0.3 is 9.84 Å². The van der Waals surface area contributed by atoms with Crippen molar-refractivity contribution in [2.75, 3.05) is 6.61 Å². The van der Waals surface area contributed by atoms with Crippen molar-refractivity contribution < 1.29 is 24.2 Å². The van der Waals surface area contributed by atoms with Gasteiger partial charge in [0.2, 0.25) is 0 Å². The fraction of sp³-hybridized carbons (Fsp3) is 0.308. The Balaban J connectivity index is 2.08. The predicted octanol–water partition coefficient (Wildman–Crippen LogP) is 1.13. The smallest absolute Gasteiger partial charge is 0.320 e. The normalized spacial score (nSPS) is 22.6. The van der Waals surface area contributed by atoms with Crippen LogP contribution >= 0.6 is 0 Å². The Bertz CT molecular complexity index is 479. The number of carboxylic acids is 1. The number of Topliss-reactive ketones (excluding diaryl/α,β-unsaturated/α-hetero) is 1. The molecule has 1 aliphatic rings. The summed E-state index contributed by atoms with van der Waals surface area (Å²) in [6.07, 6.45) is 0.00667. The monoisotopic (exact) mass is 248 g/mol. The molecular weight excluding hydrogens is 236 g/mol. The molecule has 5 nitrogen and oxygen atoms in total. The fourth-order valence-corrected chi connectivity index (χ4v) is 2.03. The molecule has 2 unspecified atom stereocenters. The van der Waals surface area contributed by atoms with Crippen LogP contribution in [-0.4, -0.2) is 29.4 Å². The molecule has 1 aromatic rings. The van der Waals surface area contributed by atoms with Gasteiger partial charge in [0.15, 0.2) is 11.7 Å². The Morgan fingerprint density at radius 1 is 1.28 bits per heavy atom. The molecule has 1 heterocycles. The second-order valence-electron chi connectivity index (χ2n) is 4.20. The van der Waals surface area contributed by atoms with Crippen molar-refractivity contribution in [3.8, 4) is 0 Å². The molecule has 0 spiro atoms. The van der Waals surface area contributed by atoms with Crippen molar-refractivity contribution in [3.63, 3.8) is 0 Å². The van der Waals surface area contributed by atoms with E-state index >= 15 is 0 Å². The molecule has 0 saturated carbocycles. The minimum Gasteiger partial charge on any atom is -0.481 e. The summed E-state index contributed by atoms with van der Waals surface area (Å²) >= 11 is 0. The molecule has 1 aliphatic heterocycles. The number of hydrogen-bond donors (Lipinski definition) is 1. The van der Waals surface area contributed by atoms with Gasteiger partial charge >= 0.3 is 11.9 Å². The van der Waals surface area contributed by atoms with E-state index in [1.165, 1.54) is 0 Å². The summed E-state index contributed by atoms with van der Waals surface area (Å²) < 4.78 is 4.70. The quantitative estimate of drug-likeness (QED) is 0.491. The van der Waals surface area contributed by atoms with Crippen LogP contribution in [0.2, 0.25) is 0 Å². The zero-order chi connectivity index (χ0) is 13.1. The van der Waals surface area contributed by atoms with Crippen molar-refractivity contribution in [1.29, 1.82) is 0 Å². The van der Waals surface area contributed by atoms with Gasteiger partial charge in [-0.1, -0.05) is 30.3 Å². The molecule has 0 bridgehead atoms. The first-order valence-corrected chi connectivity index (χ1v) is 5.57. The summed E-state index contributed by atoms with van der Waals surface area (Å²) in [7, 11) is 0. The zero-order valence-corrected chi connectivity index (χ0v) is 9.54. The van der Waals surface area contributed by atoms with Gasteiger partial charge in [-0.15, -0.1) is 0 Å². The average molecular weight is 248 g/mol. The van der Waals surface area contributed by atoms with E-state index in [2.05, 4.69) is 0 Å². The second kappa shape index (κ2) is 5.00. The molecule has 2 atom stereocenters. The molecule has 1 saturated heterocycles. The highest BCUT2D eigenvalue weighted by Gasteiger charge is 2.43. The van der Waals surface area contributed by atoms with Gasteiger partial charge in [0.05, 0.1) is 6.61 Å². The van der Waals surface area contributed by atoms with Gasteiger partial charge in [-0.2, -0.15) is 0 Å². The first kappa shape index (κ1) is 12.3. The summed E-state index contributed by atoms with van der Waals surface area (Å²) in [5, 5.41) is 8.93. The largest absolute Gasteiger partial charge is 0.481 e. The Kier molecular flexibility index (Phi) is 3.41. The minimum absolute atomic E-state index is 0.00558. The maximum absolute atomic E-state index is 11.9. The fourth-order valence-electron chi connectivity index (χ4n) is 2.03. The Hall–Kier alpha value is -2.17. The lowest BCUT2D eigenvalue weighted by Gasteiger charge is -2.10. The standard InChI is InChI=1S/C13H12O5/c14-10(8-4-2-1-3-5-8)6-9-7-18-13(17)11(9)12(15)16/h1-5,9,11H,6-7H2,(H,15,16). The van der Waals surface area contributed by atoms with Gasteiger partial charge in [-0.25, -0.2) is 0 Å². The van der Waals surface area contributed by atoms with Gasteiger partial charge in [0, 0.05) is 17.9 Å². The number of esters is 1. The zero-order valence-electron chi connectivity index (χ0n) is 9.54. The summed E-state index contributed by atoms with van der Waals surface area (Å²) in [5.41, 5.74) is 0.515. The second-order valence-corrected chi connectivity index (χ2v) is 4.20. The third-order valence-corrected chi connectivity index (χ3v) is 2.97. The number of carboxylic acid groups (broad SMARTS) is 1. The third kappa shape index (κ3) is 2.40. The lowest BCUT2D eigenvalue weighted by Crippen LogP contribution is -2.27. The van der Waals surface area contributed by atoms with E-state index in [0.717, 1.165) is 0 Å². The average Bonchev–Trinajstić information content (AvgIpc) is 2.71. The van der Waals surface area contributed by atoms with Crippen LogP contribution in [0.1, 0.15) is 16.8 Å². The highest BCUT2D eigenvalue weighted by atomic mass is 16.5. The topological polar surface area (TPSA) is 80.7 Å². The lowest BCUT2D eigenvalue weighted by atomic mass is 9.89. The Morgan fingerprint density at radius 3 is 2.56 bits per heavy atom. The molecule has 0 amide bonds. The minimum atomic E-state index is -1.23. The summed E-state index contributed by atoms with van der Waals surface area (Å²) in [5.74, 6) is -3.97. The number of ether oxygens (including phenoxy) is 1. The Labute approximate surface area is 103 Å². The van der Waals surface area contributed by atoms with Crippen molar-refractivity contribution in [3.05, 3.63) is 35.9 Å². The van der Waals surface area contributed by atoms with Crippen LogP contribution in [0.15, 0.2) is 30.3 Å². The highest BCUT2D eigenvalue weighted by molar-refractivity contribution is 5.99. The van der Waals surface area contributed by atoms with Gasteiger partial charge in [-0.3, -0.25) is 14.4 Å². The van der Waals surface area contributed by atoms with Gasteiger partial charge in [-0.05, 0) is 0 Å². The molecule has 94 valence electrons. The van der Waals surface area contributed by atoms with E-state index in [-0.39, 0.29) is 18.8 Å². The first-order valence-electron chi connectivity index (χ1n) is 5.57. The first-order chi connectivity index (χ1) is 8.59. The molecule has 1 aromatic carbocycles. The van der Waals surface area contributed by atoms with E-state index < -0.39 is 23.8 Å². The summed E-state index contributed by atoms with van der Waals surface area (Å²) in [6.45, 7) is -0.00558. The number of carbonyl (C=O) groups is 3. The highest BCUT2D eigenvalue weighted by Crippen LogP contribution is 2.26. The molecule has 0 aromatic heterocycles. The van der Waals surface area contributed by atoms with E-state index in [1.807, 2.05) is 0 Å². The molecule has 1 fully saturated rings. The molecule has 18 heavy (non-hydrogen) atoms. The van der Waals surface area contributed by atoms with Crippen LogP contribution < -0.4 is 0 Å². The number of ketones is 1. The van der Waals surface area contributed by atoms with Crippen LogP contribution in [0, 0.1) is 11.8 Å². The van der Waals surface area contributed by atoms with Gasteiger partial charge in [0.25, 0.3) is 0 Å². The number of aliphatic carboxylic acids is 1. The van der Waals surface area contributed by atoms with Crippen molar-refractivity contribution in [1.82, 2.24) is 0 Å². The summed E-state index contributed by atoms with van der Waals surface area (Å²) in [4.78, 5) is 34.1. The maximum atomic E-state index is 11.9. The molecular formula is C13H12O5. The van der Waals surface area contributed by atoms with Crippen LogP contribution in [0.4, 0.5) is 0 Å².